The fourth-order valence-electron chi connectivity index (χ4n) is 5.88. The standard InChI is InChI=1S/C30H34F8N2O3S/c1-19-13-22-16-23(43-44(41,42)30(36,37)38)7-8-24(22)28(40(19)18-29(2,34)35)27-25(32)14-21(15-26(27)33)6-3-5-20-9-12-39(17-20)11-4-10-31/h5,7-8,14-16,19,28H,3-4,6,9-13,17-18H2,1-2H3/b20-5+/t19-,28?/m1/s1. The Bertz CT molecular complexity index is 1450. The first-order valence-electron chi connectivity index (χ1n) is 14.2. The SMILES string of the molecule is C[C@@H]1Cc2cc(OS(=O)(=O)C(F)(F)F)ccc2C(c2c(F)cc(CC/C=C3\CCN(CCCF)C3)cc2F)N1CC(C)(F)F. The Labute approximate surface area is 251 Å². The number of benzene rings is 2. The number of hydrogen-bond donors (Lipinski definition) is 0. The summed E-state index contributed by atoms with van der Waals surface area (Å²) in [5.41, 5.74) is -4.32. The molecule has 244 valence electrons. The Morgan fingerprint density at radius 1 is 1.07 bits per heavy atom. The van der Waals surface area contributed by atoms with Crippen LogP contribution >= 0.6 is 0 Å². The number of halogens is 8. The van der Waals surface area contributed by atoms with E-state index in [9.17, 15) is 34.8 Å². The second-order valence-corrected chi connectivity index (χ2v) is 13.0. The van der Waals surface area contributed by atoms with E-state index in [0.29, 0.717) is 44.8 Å². The van der Waals surface area contributed by atoms with Crippen LogP contribution in [0.4, 0.5) is 35.1 Å². The molecule has 14 heteroatoms. The van der Waals surface area contributed by atoms with E-state index in [1.807, 2.05) is 6.08 Å². The van der Waals surface area contributed by atoms with Gasteiger partial charge in [0.15, 0.2) is 0 Å². The number of likely N-dealkylation sites (tertiary alicyclic amines) is 1. The topological polar surface area (TPSA) is 49.9 Å². The highest BCUT2D eigenvalue weighted by Crippen LogP contribution is 2.43. The van der Waals surface area contributed by atoms with Crippen molar-refractivity contribution in [3.8, 4) is 5.75 Å². The van der Waals surface area contributed by atoms with Gasteiger partial charge in [0, 0.05) is 38.2 Å². The molecule has 0 saturated carbocycles. The van der Waals surface area contributed by atoms with Gasteiger partial charge in [-0.3, -0.25) is 14.2 Å². The van der Waals surface area contributed by atoms with Crippen molar-refractivity contribution < 1.29 is 47.7 Å². The molecule has 2 atom stereocenters. The lowest BCUT2D eigenvalue weighted by Crippen LogP contribution is -2.48. The first-order valence-corrected chi connectivity index (χ1v) is 15.6. The zero-order valence-electron chi connectivity index (χ0n) is 24.2. The summed E-state index contributed by atoms with van der Waals surface area (Å²) in [4.78, 5) is 3.37. The van der Waals surface area contributed by atoms with Crippen LogP contribution < -0.4 is 4.18 Å². The summed E-state index contributed by atoms with van der Waals surface area (Å²) >= 11 is 0. The van der Waals surface area contributed by atoms with Gasteiger partial charge in [0.25, 0.3) is 5.92 Å². The molecule has 0 N–H and O–H groups in total. The number of nitrogens with zero attached hydrogens (tertiary/aromatic N) is 2. The lowest BCUT2D eigenvalue weighted by atomic mass is 9.84. The van der Waals surface area contributed by atoms with E-state index in [0.717, 1.165) is 48.9 Å². The summed E-state index contributed by atoms with van der Waals surface area (Å²) < 4.78 is 138. The van der Waals surface area contributed by atoms with Gasteiger partial charge in [-0.25, -0.2) is 17.6 Å². The third-order valence-electron chi connectivity index (χ3n) is 7.83. The van der Waals surface area contributed by atoms with E-state index in [4.69, 9.17) is 0 Å². The van der Waals surface area contributed by atoms with E-state index in [2.05, 4.69) is 9.08 Å². The van der Waals surface area contributed by atoms with Crippen LogP contribution in [0.5, 0.6) is 5.75 Å². The summed E-state index contributed by atoms with van der Waals surface area (Å²) in [7, 11) is -5.98. The molecule has 1 saturated heterocycles. The third kappa shape index (κ3) is 8.11. The smallest absolute Gasteiger partial charge is 0.376 e. The quantitative estimate of drug-likeness (QED) is 0.112. The molecule has 1 unspecified atom stereocenters. The van der Waals surface area contributed by atoms with Gasteiger partial charge >= 0.3 is 15.6 Å². The molecule has 2 aliphatic rings. The van der Waals surface area contributed by atoms with Crippen LogP contribution in [-0.2, 0) is 23.0 Å². The summed E-state index contributed by atoms with van der Waals surface area (Å²) in [6.07, 6.45) is 4.09. The maximum absolute atomic E-state index is 15.7. The molecule has 0 radical (unpaired) electrons. The molecule has 4 rings (SSSR count). The van der Waals surface area contributed by atoms with Gasteiger partial charge < -0.3 is 4.18 Å². The monoisotopic (exact) mass is 654 g/mol. The molecule has 2 aliphatic heterocycles. The first-order chi connectivity index (χ1) is 20.5. The predicted molar refractivity (Wildman–Crippen MR) is 149 cm³/mol. The lowest BCUT2D eigenvalue weighted by molar-refractivity contribution is -0.0500. The van der Waals surface area contributed by atoms with Gasteiger partial charge in [0.05, 0.1) is 19.3 Å². The van der Waals surface area contributed by atoms with Gasteiger partial charge in [0.2, 0.25) is 0 Å². The molecule has 2 aromatic rings. The van der Waals surface area contributed by atoms with Crippen molar-refractivity contribution in [2.45, 2.75) is 69.5 Å². The van der Waals surface area contributed by atoms with Crippen LogP contribution in [-0.4, -0.2) is 68.5 Å². The lowest BCUT2D eigenvalue weighted by Gasteiger charge is -2.43. The zero-order chi connectivity index (χ0) is 32.4. The van der Waals surface area contributed by atoms with Crippen LogP contribution in [0.2, 0.25) is 0 Å². The molecule has 1 fully saturated rings. The number of aryl methyl sites for hydroxylation is 1. The second kappa shape index (κ2) is 13.3. The normalized spacial score (nSPS) is 21.2. The van der Waals surface area contributed by atoms with Crippen molar-refractivity contribution in [3.63, 3.8) is 0 Å². The number of allylic oxidation sites excluding steroid dienone is 1. The maximum atomic E-state index is 15.7. The maximum Gasteiger partial charge on any atom is 0.534 e. The molecule has 0 amide bonds. The molecule has 5 nitrogen and oxygen atoms in total. The molecule has 44 heavy (non-hydrogen) atoms. The van der Waals surface area contributed by atoms with Crippen molar-refractivity contribution in [2.75, 3.05) is 32.9 Å². The average Bonchev–Trinajstić information content (AvgIpc) is 3.34. The molecular weight excluding hydrogens is 620 g/mol. The Hall–Kier alpha value is -2.71. The number of alkyl halides is 6. The molecule has 0 bridgehead atoms. The molecule has 2 heterocycles. The van der Waals surface area contributed by atoms with Gasteiger partial charge in [-0.1, -0.05) is 17.7 Å². The summed E-state index contributed by atoms with van der Waals surface area (Å²) in [5.74, 6) is -5.86. The van der Waals surface area contributed by atoms with Crippen molar-refractivity contribution in [2.24, 2.45) is 0 Å². The van der Waals surface area contributed by atoms with Crippen LogP contribution in [0.1, 0.15) is 61.4 Å². The Kier molecular flexibility index (Phi) is 10.4. The van der Waals surface area contributed by atoms with E-state index in [-0.39, 0.29) is 24.2 Å². The number of rotatable bonds is 11. The molecule has 0 spiro atoms. The zero-order valence-corrected chi connectivity index (χ0v) is 25.1. The van der Waals surface area contributed by atoms with Crippen molar-refractivity contribution in [1.82, 2.24) is 9.80 Å². The number of hydrogen-bond acceptors (Lipinski definition) is 5. The first kappa shape index (κ1) is 34.2. The largest absolute Gasteiger partial charge is 0.534 e. The van der Waals surface area contributed by atoms with E-state index < -0.39 is 63.1 Å². The minimum atomic E-state index is -5.98. The van der Waals surface area contributed by atoms with E-state index >= 15 is 8.78 Å². The molecule has 2 aromatic carbocycles. The number of fused-ring (bicyclic) bond motifs is 1. The van der Waals surface area contributed by atoms with Crippen molar-refractivity contribution in [1.29, 1.82) is 0 Å². The highest BCUT2D eigenvalue weighted by Gasteiger charge is 2.49. The Balaban J connectivity index is 1.63. The molecule has 0 aromatic heterocycles. The Morgan fingerprint density at radius 3 is 2.36 bits per heavy atom. The second-order valence-electron chi connectivity index (χ2n) is 11.5. The van der Waals surface area contributed by atoms with Crippen LogP contribution in [0.3, 0.4) is 0 Å². The predicted octanol–water partition coefficient (Wildman–Crippen LogP) is 7.11. The van der Waals surface area contributed by atoms with Gasteiger partial charge in [0.1, 0.15) is 17.4 Å². The molecular formula is C30H34F8N2O3S. The minimum absolute atomic E-state index is 0.0215. The van der Waals surface area contributed by atoms with Gasteiger partial charge in [-0.05, 0) is 80.0 Å². The third-order valence-corrected chi connectivity index (χ3v) is 8.81. The Morgan fingerprint density at radius 2 is 1.75 bits per heavy atom. The summed E-state index contributed by atoms with van der Waals surface area (Å²) in [6, 6.07) is 3.22. The summed E-state index contributed by atoms with van der Waals surface area (Å²) in [5, 5.41) is 0. The van der Waals surface area contributed by atoms with Crippen molar-refractivity contribution >= 4 is 10.1 Å². The summed E-state index contributed by atoms with van der Waals surface area (Å²) in [6.45, 7) is 3.15. The van der Waals surface area contributed by atoms with E-state index in [1.54, 1.807) is 0 Å². The van der Waals surface area contributed by atoms with Crippen LogP contribution in [0.15, 0.2) is 42.0 Å². The minimum Gasteiger partial charge on any atom is -0.376 e. The van der Waals surface area contributed by atoms with Gasteiger partial charge in [-0.2, -0.15) is 21.6 Å². The molecule has 0 aliphatic carbocycles. The van der Waals surface area contributed by atoms with E-state index in [1.165, 1.54) is 11.8 Å². The average molecular weight is 655 g/mol. The van der Waals surface area contributed by atoms with Crippen LogP contribution in [0, 0.1) is 11.6 Å². The fourth-order valence-corrected chi connectivity index (χ4v) is 6.33. The van der Waals surface area contributed by atoms with Crippen LogP contribution in [0.25, 0.3) is 0 Å². The van der Waals surface area contributed by atoms with Crippen molar-refractivity contribution in [3.05, 3.63) is 75.9 Å². The van der Waals surface area contributed by atoms with Gasteiger partial charge in [-0.15, -0.1) is 0 Å². The highest BCUT2D eigenvalue weighted by atomic mass is 32.2. The highest BCUT2D eigenvalue weighted by molar-refractivity contribution is 7.88. The fraction of sp³-hybridized carbons (Fsp3) is 0.533.